The van der Waals surface area contributed by atoms with Crippen LogP contribution < -0.4 is 16.4 Å². The van der Waals surface area contributed by atoms with E-state index in [-0.39, 0.29) is 6.04 Å². The number of nitrogens with one attached hydrogen (secondary N) is 2. The van der Waals surface area contributed by atoms with E-state index in [9.17, 15) is 0 Å². The van der Waals surface area contributed by atoms with Gasteiger partial charge < -0.3 is 11.1 Å². The van der Waals surface area contributed by atoms with Crippen molar-refractivity contribution in [3.05, 3.63) is 34.9 Å². The zero-order chi connectivity index (χ0) is 10.7. The van der Waals surface area contributed by atoms with Gasteiger partial charge >= 0.3 is 0 Å². The highest BCUT2D eigenvalue weighted by Gasteiger charge is 2.19. The van der Waals surface area contributed by atoms with Gasteiger partial charge in [-0.2, -0.15) is 0 Å². The second-order valence-corrected chi connectivity index (χ2v) is 4.40. The van der Waals surface area contributed by atoms with Crippen LogP contribution in [-0.2, 0) is 6.54 Å². The van der Waals surface area contributed by atoms with Crippen LogP contribution in [0, 0.1) is 0 Å². The molecular formula is C11H16ClN3. The summed E-state index contributed by atoms with van der Waals surface area (Å²) in [5, 5.41) is 7.52. The summed E-state index contributed by atoms with van der Waals surface area (Å²) in [6.45, 7) is 1.75. The summed E-state index contributed by atoms with van der Waals surface area (Å²) in [6, 6.07) is 8.17. The Labute approximate surface area is 95.0 Å². The maximum atomic E-state index is 5.81. The molecular weight excluding hydrogens is 210 g/mol. The van der Waals surface area contributed by atoms with Crippen LogP contribution in [0.5, 0.6) is 0 Å². The van der Waals surface area contributed by atoms with E-state index < -0.39 is 0 Å². The SMILES string of the molecule is N[C@H]1CNC(NCc2ccc(Cl)cc2)C1. The smallest absolute Gasteiger partial charge is 0.0590 e. The lowest BCUT2D eigenvalue weighted by molar-refractivity contribution is 0.479. The Balaban J connectivity index is 1.80. The third-order valence-corrected chi connectivity index (χ3v) is 2.88. The first-order valence-corrected chi connectivity index (χ1v) is 5.58. The number of hydrogen-bond acceptors (Lipinski definition) is 3. The summed E-state index contributed by atoms with van der Waals surface area (Å²) in [4.78, 5) is 0. The first-order valence-electron chi connectivity index (χ1n) is 5.21. The van der Waals surface area contributed by atoms with E-state index in [1.54, 1.807) is 0 Å². The van der Waals surface area contributed by atoms with Gasteiger partial charge in [0.05, 0.1) is 6.17 Å². The van der Waals surface area contributed by atoms with Crippen molar-refractivity contribution < 1.29 is 0 Å². The van der Waals surface area contributed by atoms with Gasteiger partial charge in [-0.05, 0) is 24.1 Å². The van der Waals surface area contributed by atoms with E-state index in [0.717, 1.165) is 24.5 Å². The molecule has 0 bridgehead atoms. The highest BCUT2D eigenvalue weighted by molar-refractivity contribution is 6.30. The predicted octanol–water partition coefficient (Wildman–Crippen LogP) is 1.08. The molecule has 3 nitrogen and oxygen atoms in total. The number of rotatable bonds is 3. The minimum Gasteiger partial charge on any atom is -0.326 e. The van der Waals surface area contributed by atoms with Gasteiger partial charge in [-0.1, -0.05) is 23.7 Å². The molecule has 0 radical (unpaired) electrons. The van der Waals surface area contributed by atoms with Crippen molar-refractivity contribution in [1.82, 2.24) is 10.6 Å². The van der Waals surface area contributed by atoms with Crippen molar-refractivity contribution in [3.63, 3.8) is 0 Å². The average molecular weight is 226 g/mol. The molecule has 0 spiro atoms. The van der Waals surface area contributed by atoms with Gasteiger partial charge in [0.1, 0.15) is 0 Å². The van der Waals surface area contributed by atoms with Gasteiger partial charge in [0.25, 0.3) is 0 Å². The van der Waals surface area contributed by atoms with Crippen LogP contribution in [0.2, 0.25) is 5.02 Å². The van der Waals surface area contributed by atoms with Gasteiger partial charge in [-0.25, -0.2) is 0 Å². The third-order valence-electron chi connectivity index (χ3n) is 2.63. The second-order valence-electron chi connectivity index (χ2n) is 3.96. The molecule has 1 aliphatic heterocycles. The molecule has 0 amide bonds. The first-order chi connectivity index (χ1) is 7.24. The zero-order valence-corrected chi connectivity index (χ0v) is 9.30. The minimum absolute atomic E-state index is 0.285. The molecule has 1 saturated heterocycles. The molecule has 0 aromatic heterocycles. The Morgan fingerprint density at radius 1 is 1.40 bits per heavy atom. The summed E-state index contributed by atoms with van der Waals surface area (Å²) in [5.41, 5.74) is 7.03. The van der Waals surface area contributed by atoms with E-state index in [1.165, 1.54) is 5.56 Å². The fourth-order valence-electron chi connectivity index (χ4n) is 1.76. The molecule has 4 N–H and O–H groups in total. The Bertz CT molecular complexity index is 312. The Kier molecular flexibility index (Phi) is 3.59. The monoisotopic (exact) mass is 225 g/mol. The van der Waals surface area contributed by atoms with Gasteiger partial charge in [-0.3, -0.25) is 5.32 Å². The van der Waals surface area contributed by atoms with E-state index in [0.29, 0.717) is 6.17 Å². The van der Waals surface area contributed by atoms with Crippen LogP contribution in [0.1, 0.15) is 12.0 Å². The van der Waals surface area contributed by atoms with Crippen molar-refractivity contribution in [3.8, 4) is 0 Å². The van der Waals surface area contributed by atoms with Crippen LogP contribution >= 0.6 is 11.6 Å². The Hall–Kier alpha value is -0.610. The van der Waals surface area contributed by atoms with Crippen LogP contribution in [0.25, 0.3) is 0 Å². The molecule has 1 unspecified atom stereocenters. The lowest BCUT2D eigenvalue weighted by Gasteiger charge is -2.12. The molecule has 0 aliphatic carbocycles. The van der Waals surface area contributed by atoms with Crippen molar-refractivity contribution >= 4 is 11.6 Å². The molecule has 1 aliphatic rings. The summed E-state index contributed by atoms with van der Waals surface area (Å²) in [5.74, 6) is 0. The van der Waals surface area contributed by atoms with Crippen molar-refractivity contribution in [2.75, 3.05) is 6.54 Å². The molecule has 1 aromatic rings. The summed E-state index contributed by atoms with van der Waals surface area (Å²) in [7, 11) is 0. The maximum Gasteiger partial charge on any atom is 0.0590 e. The van der Waals surface area contributed by atoms with E-state index in [1.807, 2.05) is 24.3 Å². The lowest BCUT2D eigenvalue weighted by Crippen LogP contribution is -2.36. The van der Waals surface area contributed by atoms with Crippen molar-refractivity contribution in [1.29, 1.82) is 0 Å². The predicted molar refractivity (Wildman–Crippen MR) is 62.7 cm³/mol. The molecule has 2 atom stereocenters. The number of halogens is 1. The number of nitrogens with two attached hydrogens (primary N) is 1. The maximum absolute atomic E-state index is 5.81. The fraction of sp³-hybridized carbons (Fsp3) is 0.455. The molecule has 0 saturated carbocycles. The third kappa shape index (κ3) is 3.18. The van der Waals surface area contributed by atoms with E-state index >= 15 is 0 Å². The molecule has 1 aromatic carbocycles. The molecule has 4 heteroatoms. The Morgan fingerprint density at radius 2 is 2.13 bits per heavy atom. The summed E-state index contributed by atoms with van der Waals surface area (Å²) >= 11 is 5.81. The van der Waals surface area contributed by atoms with Crippen LogP contribution in [-0.4, -0.2) is 18.8 Å². The number of benzene rings is 1. The Morgan fingerprint density at radius 3 is 2.73 bits per heavy atom. The summed E-state index contributed by atoms with van der Waals surface area (Å²) in [6.07, 6.45) is 1.34. The van der Waals surface area contributed by atoms with Crippen LogP contribution in [0.3, 0.4) is 0 Å². The van der Waals surface area contributed by atoms with Crippen molar-refractivity contribution in [2.45, 2.75) is 25.2 Å². The van der Waals surface area contributed by atoms with Gasteiger partial charge in [-0.15, -0.1) is 0 Å². The summed E-state index contributed by atoms with van der Waals surface area (Å²) < 4.78 is 0. The normalized spacial score (nSPS) is 25.7. The van der Waals surface area contributed by atoms with Gasteiger partial charge in [0.2, 0.25) is 0 Å². The van der Waals surface area contributed by atoms with E-state index in [2.05, 4.69) is 10.6 Å². The first kappa shape index (κ1) is 10.9. The van der Waals surface area contributed by atoms with Gasteiger partial charge in [0, 0.05) is 24.2 Å². The van der Waals surface area contributed by atoms with Gasteiger partial charge in [0.15, 0.2) is 0 Å². The largest absolute Gasteiger partial charge is 0.326 e. The molecule has 15 heavy (non-hydrogen) atoms. The topological polar surface area (TPSA) is 50.1 Å². The van der Waals surface area contributed by atoms with Crippen molar-refractivity contribution in [2.24, 2.45) is 5.73 Å². The quantitative estimate of drug-likeness (QED) is 0.722. The van der Waals surface area contributed by atoms with E-state index in [4.69, 9.17) is 17.3 Å². The molecule has 1 heterocycles. The minimum atomic E-state index is 0.285. The lowest BCUT2D eigenvalue weighted by atomic mass is 10.2. The highest BCUT2D eigenvalue weighted by atomic mass is 35.5. The fourth-order valence-corrected chi connectivity index (χ4v) is 1.89. The molecule has 1 fully saturated rings. The van der Waals surface area contributed by atoms with Crippen LogP contribution in [0.15, 0.2) is 24.3 Å². The van der Waals surface area contributed by atoms with Crippen LogP contribution in [0.4, 0.5) is 0 Å². The zero-order valence-electron chi connectivity index (χ0n) is 8.54. The standard InChI is InChI=1S/C11H16ClN3/c12-9-3-1-8(2-4-9)6-14-11-5-10(13)7-15-11/h1-4,10-11,14-15H,5-7,13H2/t10-,11?/m1/s1. The number of hydrogen-bond donors (Lipinski definition) is 3. The average Bonchev–Trinajstić information content (AvgIpc) is 2.64. The second kappa shape index (κ2) is 4.94. The molecule has 2 rings (SSSR count). The highest BCUT2D eigenvalue weighted by Crippen LogP contribution is 2.10. The molecule has 82 valence electrons.